The van der Waals surface area contributed by atoms with E-state index in [9.17, 15) is 4.79 Å². The zero-order chi connectivity index (χ0) is 17.1. The predicted octanol–water partition coefficient (Wildman–Crippen LogP) is 2.47. The third-order valence-electron chi connectivity index (χ3n) is 4.34. The van der Waals surface area contributed by atoms with Gasteiger partial charge in [0.05, 0.1) is 23.6 Å². The van der Waals surface area contributed by atoms with Crippen molar-refractivity contribution >= 4 is 22.6 Å². The van der Waals surface area contributed by atoms with E-state index in [2.05, 4.69) is 39.0 Å². The minimum Gasteiger partial charge on any atom is -0.463 e. The lowest BCUT2D eigenvalue weighted by Gasteiger charge is -2.24. The van der Waals surface area contributed by atoms with Gasteiger partial charge in [-0.1, -0.05) is 18.2 Å². The largest absolute Gasteiger partial charge is 0.463 e. The van der Waals surface area contributed by atoms with Crippen LogP contribution in [0.2, 0.25) is 0 Å². The van der Waals surface area contributed by atoms with Crippen LogP contribution in [0.4, 0.5) is 0 Å². The Morgan fingerprint density at radius 1 is 1.33 bits per heavy atom. The van der Waals surface area contributed by atoms with E-state index in [1.54, 1.807) is 0 Å². The molecule has 2 aromatic rings. The van der Waals surface area contributed by atoms with Crippen molar-refractivity contribution in [2.24, 2.45) is 0 Å². The van der Waals surface area contributed by atoms with Gasteiger partial charge in [0.25, 0.3) is 0 Å². The van der Waals surface area contributed by atoms with E-state index in [1.165, 1.54) is 10.9 Å². The topological polar surface area (TPSA) is 46.5 Å². The number of likely N-dealkylation sites (N-methyl/N-ethyl adjacent to an activating group) is 1. The standard InChI is InChI=1S/C19H25N3O2/c1-4-24-19(23)15-9-11-22-16-8-6-5-7-14(16)13-17(22)18(15)20-10-12-21(2)3/h5-8,13,20H,4,9-12H2,1-3H3. The minimum absolute atomic E-state index is 0.207. The van der Waals surface area contributed by atoms with Crippen LogP contribution < -0.4 is 5.32 Å². The van der Waals surface area contributed by atoms with E-state index in [0.29, 0.717) is 13.0 Å². The fourth-order valence-electron chi connectivity index (χ4n) is 3.19. The molecule has 1 aromatic heterocycles. The zero-order valence-electron chi connectivity index (χ0n) is 14.6. The predicted molar refractivity (Wildman–Crippen MR) is 96.7 cm³/mol. The second-order valence-electron chi connectivity index (χ2n) is 6.29. The van der Waals surface area contributed by atoms with Crippen molar-refractivity contribution in [1.82, 2.24) is 14.8 Å². The molecule has 0 aliphatic carbocycles. The van der Waals surface area contributed by atoms with Crippen molar-refractivity contribution in [3.8, 4) is 0 Å². The van der Waals surface area contributed by atoms with Gasteiger partial charge in [0, 0.05) is 30.5 Å². The minimum atomic E-state index is -0.207. The Kier molecular flexibility index (Phi) is 4.90. The summed E-state index contributed by atoms with van der Waals surface area (Å²) in [7, 11) is 4.08. The lowest BCUT2D eigenvalue weighted by molar-refractivity contribution is -0.138. The average Bonchev–Trinajstić information content (AvgIpc) is 2.94. The Bertz CT molecular complexity index is 774. The number of esters is 1. The van der Waals surface area contributed by atoms with Gasteiger partial charge >= 0.3 is 5.97 Å². The second-order valence-corrected chi connectivity index (χ2v) is 6.29. The highest BCUT2D eigenvalue weighted by Crippen LogP contribution is 2.31. The van der Waals surface area contributed by atoms with Gasteiger partial charge in [0.1, 0.15) is 0 Å². The number of hydrogen-bond donors (Lipinski definition) is 1. The lowest BCUT2D eigenvalue weighted by atomic mass is 10.0. The number of aromatic nitrogens is 1. The number of carbonyl (C=O) groups is 1. The van der Waals surface area contributed by atoms with Crippen LogP contribution in [0.3, 0.4) is 0 Å². The number of fused-ring (bicyclic) bond motifs is 3. The summed E-state index contributed by atoms with van der Waals surface area (Å²) in [6, 6.07) is 10.5. The van der Waals surface area contributed by atoms with Gasteiger partial charge in [-0.2, -0.15) is 0 Å². The maximum atomic E-state index is 12.4. The van der Waals surface area contributed by atoms with Gasteiger partial charge in [-0.15, -0.1) is 0 Å². The Morgan fingerprint density at radius 2 is 2.12 bits per heavy atom. The second kappa shape index (κ2) is 7.09. The van der Waals surface area contributed by atoms with Gasteiger partial charge in [0.2, 0.25) is 0 Å². The number of nitrogens with one attached hydrogen (secondary N) is 1. The van der Waals surface area contributed by atoms with Crippen LogP contribution >= 0.6 is 0 Å². The number of hydrogen-bond acceptors (Lipinski definition) is 4. The summed E-state index contributed by atoms with van der Waals surface area (Å²) in [5, 5.41) is 4.67. The third-order valence-corrected chi connectivity index (χ3v) is 4.34. The number of nitrogens with zero attached hydrogens (tertiary/aromatic N) is 2. The first-order valence-electron chi connectivity index (χ1n) is 8.49. The maximum absolute atomic E-state index is 12.4. The molecule has 0 atom stereocenters. The van der Waals surface area contributed by atoms with E-state index in [4.69, 9.17) is 4.74 Å². The molecule has 0 fully saturated rings. The summed E-state index contributed by atoms with van der Waals surface area (Å²) in [4.78, 5) is 14.5. The van der Waals surface area contributed by atoms with Crippen molar-refractivity contribution in [2.45, 2.75) is 19.9 Å². The fraction of sp³-hybridized carbons (Fsp3) is 0.421. The van der Waals surface area contributed by atoms with Crippen LogP contribution in [0, 0.1) is 0 Å². The number of carbonyl (C=O) groups excluding carboxylic acids is 1. The summed E-state index contributed by atoms with van der Waals surface area (Å²) in [6.07, 6.45) is 0.689. The summed E-state index contributed by atoms with van der Waals surface area (Å²) in [5.41, 5.74) is 3.95. The molecule has 5 nitrogen and oxygen atoms in total. The monoisotopic (exact) mass is 327 g/mol. The highest BCUT2D eigenvalue weighted by atomic mass is 16.5. The molecule has 0 bridgehead atoms. The molecule has 0 spiro atoms. The van der Waals surface area contributed by atoms with E-state index >= 15 is 0 Å². The molecular weight excluding hydrogens is 302 g/mol. The highest BCUT2D eigenvalue weighted by molar-refractivity contribution is 5.99. The molecule has 0 amide bonds. The summed E-state index contributed by atoms with van der Waals surface area (Å²) < 4.78 is 7.56. The molecule has 3 rings (SSSR count). The molecule has 0 radical (unpaired) electrons. The Hall–Kier alpha value is -2.27. The molecule has 24 heavy (non-hydrogen) atoms. The summed E-state index contributed by atoms with van der Waals surface area (Å²) >= 11 is 0. The van der Waals surface area contributed by atoms with Crippen molar-refractivity contribution < 1.29 is 9.53 Å². The third kappa shape index (κ3) is 3.17. The van der Waals surface area contributed by atoms with Crippen molar-refractivity contribution in [1.29, 1.82) is 0 Å². The molecule has 2 heterocycles. The number of para-hydroxylation sites is 1. The zero-order valence-corrected chi connectivity index (χ0v) is 14.6. The maximum Gasteiger partial charge on any atom is 0.336 e. The first-order valence-corrected chi connectivity index (χ1v) is 8.49. The highest BCUT2D eigenvalue weighted by Gasteiger charge is 2.26. The number of aryl methyl sites for hydroxylation is 1. The van der Waals surface area contributed by atoms with Crippen LogP contribution in [-0.2, 0) is 16.1 Å². The molecule has 1 aliphatic heterocycles. The summed E-state index contributed by atoms with van der Waals surface area (Å²) in [5.74, 6) is -0.207. The normalized spacial score (nSPS) is 14.2. The quantitative estimate of drug-likeness (QED) is 0.828. The van der Waals surface area contributed by atoms with Gasteiger partial charge in [-0.3, -0.25) is 0 Å². The SMILES string of the molecule is CCOC(=O)C1=C(NCCN(C)C)c2cc3ccccc3n2CC1. The molecule has 1 aliphatic rings. The van der Waals surface area contributed by atoms with Crippen LogP contribution in [-0.4, -0.2) is 49.2 Å². The van der Waals surface area contributed by atoms with Gasteiger partial charge in [0.15, 0.2) is 0 Å². The first kappa shape index (κ1) is 16.6. The van der Waals surface area contributed by atoms with Crippen LogP contribution in [0.25, 0.3) is 16.6 Å². The van der Waals surface area contributed by atoms with E-state index < -0.39 is 0 Å². The van der Waals surface area contributed by atoms with Crippen LogP contribution in [0.1, 0.15) is 19.0 Å². The molecule has 128 valence electrons. The number of ether oxygens (including phenoxy) is 1. The smallest absolute Gasteiger partial charge is 0.336 e. The van der Waals surface area contributed by atoms with Gasteiger partial charge in [-0.05, 0) is 39.6 Å². The molecule has 0 saturated heterocycles. The van der Waals surface area contributed by atoms with E-state index in [1.807, 2.05) is 27.1 Å². The summed E-state index contributed by atoms with van der Waals surface area (Å²) in [6.45, 7) is 4.73. The van der Waals surface area contributed by atoms with E-state index in [0.717, 1.165) is 36.6 Å². The van der Waals surface area contributed by atoms with Crippen molar-refractivity contribution in [3.63, 3.8) is 0 Å². The Morgan fingerprint density at radius 3 is 2.88 bits per heavy atom. The van der Waals surface area contributed by atoms with Gasteiger partial charge < -0.3 is 19.5 Å². The Balaban J connectivity index is 2.02. The van der Waals surface area contributed by atoms with Crippen molar-refractivity contribution in [2.75, 3.05) is 33.8 Å². The molecule has 5 heteroatoms. The molecule has 0 saturated carbocycles. The number of benzene rings is 1. The molecule has 1 N–H and O–H groups in total. The van der Waals surface area contributed by atoms with Crippen LogP contribution in [0.15, 0.2) is 35.9 Å². The van der Waals surface area contributed by atoms with Crippen molar-refractivity contribution in [3.05, 3.63) is 41.6 Å². The van der Waals surface area contributed by atoms with Gasteiger partial charge in [-0.25, -0.2) is 4.79 Å². The molecular formula is C19H25N3O2. The molecule has 0 unspecified atom stereocenters. The lowest BCUT2D eigenvalue weighted by Crippen LogP contribution is -2.30. The molecule has 1 aromatic carbocycles. The Labute approximate surface area is 142 Å². The first-order chi connectivity index (χ1) is 11.6. The van der Waals surface area contributed by atoms with Crippen LogP contribution in [0.5, 0.6) is 0 Å². The van der Waals surface area contributed by atoms with E-state index in [-0.39, 0.29) is 5.97 Å². The fourth-order valence-corrected chi connectivity index (χ4v) is 3.19. The average molecular weight is 327 g/mol. The number of rotatable bonds is 6.